The molecule has 0 saturated carbocycles. The summed E-state index contributed by atoms with van der Waals surface area (Å²) in [6.07, 6.45) is 1.83. The van der Waals surface area contributed by atoms with Crippen molar-refractivity contribution in [2.45, 2.75) is 19.7 Å². The van der Waals surface area contributed by atoms with E-state index in [1.165, 1.54) is 12.1 Å². The molecule has 3 aromatic rings. The van der Waals surface area contributed by atoms with Crippen LogP contribution in [0.1, 0.15) is 17.4 Å². The van der Waals surface area contributed by atoms with Crippen molar-refractivity contribution in [1.82, 2.24) is 24.9 Å². The molecule has 2 aromatic heterocycles. The fourth-order valence-corrected chi connectivity index (χ4v) is 3.11. The number of pyridine rings is 1. The van der Waals surface area contributed by atoms with Crippen LogP contribution in [0.4, 0.5) is 4.39 Å². The topological polar surface area (TPSA) is 67.5 Å². The summed E-state index contributed by atoms with van der Waals surface area (Å²) in [4.78, 5) is 13.5. The van der Waals surface area contributed by atoms with Crippen LogP contribution >= 0.6 is 0 Å². The third kappa shape index (κ3) is 5.11. The van der Waals surface area contributed by atoms with Crippen LogP contribution in [0.25, 0.3) is 0 Å². The second-order valence-corrected chi connectivity index (χ2v) is 6.72. The Balaban J connectivity index is 1.22. The Hall–Kier alpha value is -2.84. The van der Waals surface area contributed by atoms with Crippen LogP contribution in [0, 0.1) is 5.82 Å². The van der Waals surface area contributed by atoms with E-state index in [4.69, 9.17) is 9.26 Å². The lowest BCUT2D eigenvalue weighted by Crippen LogP contribution is -2.45. The summed E-state index contributed by atoms with van der Waals surface area (Å²) in [5, 5.41) is 3.95. The lowest BCUT2D eigenvalue weighted by molar-refractivity contribution is 0.111. The first-order valence-corrected chi connectivity index (χ1v) is 9.29. The molecule has 0 atom stereocenters. The molecule has 0 bridgehead atoms. The molecule has 7 nitrogen and oxygen atoms in total. The summed E-state index contributed by atoms with van der Waals surface area (Å²) in [5.41, 5.74) is 1.10. The van der Waals surface area contributed by atoms with Gasteiger partial charge in [0.25, 0.3) is 0 Å². The fourth-order valence-electron chi connectivity index (χ4n) is 3.11. The predicted molar refractivity (Wildman–Crippen MR) is 99.8 cm³/mol. The second-order valence-electron chi connectivity index (χ2n) is 6.72. The molecular weight excluding hydrogens is 361 g/mol. The third-order valence-corrected chi connectivity index (χ3v) is 4.63. The zero-order valence-corrected chi connectivity index (χ0v) is 15.5. The number of rotatable bonds is 7. The maximum absolute atomic E-state index is 12.9. The summed E-state index contributed by atoms with van der Waals surface area (Å²) in [6, 6.07) is 11.9. The van der Waals surface area contributed by atoms with Crippen molar-refractivity contribution in [3.8, 4) is 5.75 Å². The van der Waals surface area contributed by atoms with Gasteiger partial charge in [0.1, 0.15) is 11.6 Å². The van der Waals surface area contributed by atoms with Gasteiger partial charge in [-0.25, -0.2) is 4.39 Å². The Bertz CT molecular complexity index is 864. The number of hydrogen-bond acceptors (Lipinski definition) is 7. The van der Waals surface area contributed by atoms with E-state index in [0.717, 1.165) is 38.4 Å². The van der Waals surface area contributed by atoms with E-state index in [2.05, 4.69) is 31.0 Å². The number of nitrogens with zero attached hydrogens (tertiary/aromatic N) is 5. The summed E-state index contributed by atoms with van der Waals surface area (Å²) < 4.78 is 23.8. The molecule has 1 saturated heterocycles. The molecule has 8 heteroatoms. The molecule has 1 aromatic carbocycles. The smallest absolute Gasteiger partial charge is 0.240 e. The van der Waals surface area contributed by atoms with Crippen LogP contribution in [-0.4, -0.2) is 51.1 Å². The number of ether oxygens (including phenoxy) is 1. The maximum atomic E-state index is 12.9. The minimum Gasteiger partial charge on any atom is -0.485 e. The van der Waals surface area contributed by atoms with E-state index >= 15 is 0 Å². The Morgan fingerprint density at radius 3 is 2.43 bits per heavy atom. The van der Waals surface area contributed by atoms with E-state index in [9.17, 15) is 4.39 Å². The van der Waals surface area contributed by atoms with Crippen molar-refractivity contribution in [3.63, 3.8) is 0 Å². The van der Waals surface area contributed by atoms with Gasteiger partial charge in [0.15, 0.2) is 6.61 Å². The molecule has 146 valence electrons. The number of benzene rings is 1. The average Bonchev–Trinajstić information content (AvgIpc) is 3.17. The summed E-state index contributed by atoms with van der Waals surface area (Å²) in [5.74, 6) is 1.33. The molecule has 4 rings (SSSR count). The normalized spacial score (nSPS) is 15.6. The van der Waals surface area contributed by atoms with Gasteiger partial charge in [-0.2, -0.15) is 4.98 Å². The molecule has 1 aliphatic rings. The monoisotopic (exact) mass is 383 g/mol. The highest BCUT2D eigenvalue weighted by atomic mass is 19.1. The summed E-state index contributed by atoms with van der Waals surface area (Å²) >= 11 is 0. The average molecular weight is 383 g/mol. The standard InChI is InChI=1S/C20H22FN5O2/c21-16-4-6-18(7-5-16)27-15-19-23-20(28-24-19)14-26-11-9-25(10-12-26)13-17-3-1-2-8-22-17/h1-8H,9-15H2. The molecule has 28 heavy (non-hydrogen) atoms. The number of aromatic nitrogens is 3. The zero-order chi connectivity index (χ0) is 19.2. The molecule has 3 heterocycles. The summed E-state index contributed by atoms with van der Waals surface area (Å²) in [6.45, 7) is 5.53. The Labute approximate surface area is 162 Å². The molecule has 0 radical (unpaired) electrons. The van der Waals surface area contributed by atoms with Crippen molar-refractivity contribution < 1.29 is 13.7 Å². The van der Waals surface area contributed by atoms with E-state index < -0.39 is 0 Å². The van der Waals surface area contributed by atoms with Gasteiger partial charge >= 0.3 is 0 Å². The van der Waals surface area contributed by atoms with Gasteiger partial charge in [-0.05, 0) is 36.4 Å². The third-order valence-electron chi connectivity index (χ3n) is 4.63. The van der Waals surface area contributed by atoms with Crippen molar-refractivity contribution >= 4 is 0 Å². The van der Waals surface area contributed by atoms with Crippen molar-refractivity contribution in [1.29, 1.82) is 0 Å². The molecule has 0 amide bonds. The van der Waals surface area contributed by atoms with Gasteiger partial charge in [-0.15, -0.1) is 0 Å². The van der Waals surface area contributed by atoms with Gasteiger partial charge in [-0.1, -0.05) is 11.2 Å². The SMILES string of the molecule is Fc1ccc(OCc2noc(CN3CCN(Cc4ccccn4)CC3)n2)cc1. The first-order chi connectivity index (χ1) is 13.7. The van der Waals surface area contributed by atoms with Gasteiger partial charge in [0, 0.05) is 38.9 Å². The van der Waals surface area contributed by atoms with Gasteiger partial charge in [-0.3, -0.25) is 14.8 Å². The number of hydrogen-bond donors (Lipinski definition) is 0. The number of halogens is 1. The predicted octanol–water partition coefficient (Wildman–Crippen LogP) is 2.50. The van der Waals surface area contributed by atoms with Gasteiger partial charge < -0.3 is 9.26 Å². The first kappa shape index (κ1) is 18.5. The highest BCUT2D eigenvalue weighted by Gasteiger charge is 2.19. The largest absolute Gasteiger partial charge is 0.485 e. The quantitative estimate of drug-likeness (QED) is 0.621. The lowest BCUT2D eigenvalue weighted by Gasteiger charge is -2.33. The van der Waals surface area contributed by atoms with E-state index in [1.54, 1.807) is 12.1 Å². The van der Waals surface area contributed by atoms with Crippen LogP contribution < -0.4 is 4.74 Å². The summed E-state index contributed by atoms with van der Waals surface area (Å²) in [7, 11) is 0. The molecular formula is C20H22FN5O2. The first-order valence-electron chi connectivity index (χ1n) is 9.29. The minimum atomic E-state index is -0.297. The number of piperazine rings is 1. The molecule has 1 fully saturated rings. The van der Waals surface area contributed by atoms with E-state index in [1.807, 2.05) is 18.3 Å². The highest BCUT2D eigenvalue weighted by Crippen LogP contribution is 2.13. The van der Waals surface area contributed by atoms with Crippen LogP contribution in [0.5, 0.6) is 5.75 Å². The van der Waals surface area contributed by atoms with E-state index in [0.29, 0.717) is 24.0 Å². The van der Waals surface area contributed by atoms with Crippen molar-refractivity contribution in [3.05, 3.63) is 71.9 Å². The molecule has 0 N–H and O–H groups in total. The van der Waals surface area contributed by atoms with Gasteiger partial charge in [0.2, 0.25) is 11.7 Å². The minimum absolute atomic E-state index is 0.187. The molecule has 1 aliphatic heterocycles. The van der Waals surface area contributed by atoms with Crippen LogP contribution in [-0.2, 0) is 19.7 Å². The van der Waals surface area contributed by atoms with Crippen LogP contribution in [0.15, 0.2) is 53.2 Å². The van der Waals surface area contributed by atoms with Crippen molar-refractivity contribution in [2.24, 2.45) is 0 Å². The maximum Gasteiger partial charge on any atom is 0.240 e. The fraction of sp³-hybridized carbons (Fsp3) is 0.350. The Kier molecular flexibility index (Phi) is 5.89. The molecule has 0 spiro atoms. The molecule has 0 aliphatic carbocycles. The zero-order valence-electron chi connectivity index (χ0n) is 15.5. The van der Waals surface area contributed by atoms with Gasteiger partial charge in [0.05, 0.1) is 12.2 Å². The second kappa shape index (κ2) is 8.90. The lowest BCUT2D eigenvalue weighted by atomic mass is 10.2. The van der Waals surface area contributed by atoms with E-state index in [-0.39, 0.29) is 12.4 Å². The van der Waals surface area contributed by atoms with Crippen molar-refractivity contribution in [2.75, 3.05) is 26.2 Å². The Morgan fingerprint density at radius 2 is 1.71 bits per heavy atom. The Morgan fingerprint density at radius 1 is 0.964 bits per heavy atom. The highest BCUT2D eigenvalue weighted by molar-refractivity contribution is 5.22. The van der Waals surface area contributed by atoms with Crippen LogP contribution in [0.2, 0.25) is 0 Å². The van der Waals surface area contributed by atoms with Crippen LogP contribution in [0.3, 0.4) is 0 Å². The molecule has 0 unspecified atom stereocenters.